The number of hydrogen-bond donors (Lipinski definition) is 1. The van der Waals surface area contributed by atoms with Crippen molar-refractivity contribution in [2.75, 3.05) is 26.6 Å². The smallest absolute Gasteiger partial charge is 0.339 e. The lowest BCUT2D eigenvalue weighted by Gasteiger charge is -2.10. The fraction of sp³-hybridized carbons (Fsp3) is 0.158. The van der Waals surface area contributed by atoms with Crippen LogP contribution in [-0.2, 0) is 9.53 Å². The molecular formula is C19H18BrNO5. The highest BCUT2D eigenvalue weighted by molar-refractivity contribution is 9.10. The number of para-hydroxylation sites is 1. The quantitative estimate of drug-likeness (QED) is 0.567. The van der Waals surface area contributed by atoms with E-state index in [2.05, 4.69) is 21.2 Å². The highest BCUT2D eigenvalue weighted by atomic mass is 79.9. The van der Waals surface area contributed by atoms with Crippen LogP contribution >= 0.6 is 15.9 Å². The van der Waals surface area contributed by atoms with Crippen LogP contribution in [0.4, 0.5) is 5.69 Å². The summed E-state index contributed by atoms with van der Waals surface area (Å²) in [5, 5.41) is 2.67. The van der Waals surface area contributed by atoms with Crippen molar-refractivity contribution in [1.29, 1.82) is 0 Å². The lowest BCUT2D eigenvalue weighted by molar-refractivity contribution is -0.111. The molecule has 0 saturated heterocycles. The zero-order chi connectivity index (χ0) is 19.1. The first-order valence-electron chi connectivity index (χ1n) is 7.58. The Morgan fingerprint density at radius 3 is 2.46 bits per heavy atom. The molecule has 2 rings (SSSR count). The van der Waals surface area contributed by atoms with Crippen LogP contribution in [-0.4, -0.2) is 33.2 Å². The van der Waals surface area contributed by atoms with E-state index >= 15 is 0 Å². The summed E-state index contributed by atoms with van der Waals surface area (Å²) in [4.78, 5) is 23.9. The van der Waals surface area contributed by atoms with E-state index in [0.717, 1.165) is 5.56 Å². The molecule has 0 bridgehead atoms. The van der Waals surface area contributed by atoms with Gasteiger partial charge in [-0.15, -0.1) is 0 Å². The van der Waals surface area contributed by atoms with Crippen molar-refractivity contribution < 1.29 is 23.8 Å². The van der Waals surface area contributed by atoms with Crippen molar-refractivity contribution in [3.05, 3.63) is 58.1 Å². The molecule has 2 aromatic rings. The van der Waals surface area contributed by atoms with Gasteiger partial charge in [-0.2, -0.15) is 0 Å². The maximum absolute atomic E-state index is 12.2. The van der Waals surface area contributed by atoms with Crippen molar-refractivity contribution in [1.82, 2.24) is 0 Å². The van der Waals surface area contributed by atoms with E-state index < -0.39 is 5.97 Å². The largest absolute Gasteiger partial charge is 0.493 e. The van der Waals surface area contributed by atoms with Gasteiger partial charge in [-0.25, -0.2) is 4.79 Å². The number of ether oxygens (including phenoxy) is 3. The third kappa shape index (κ3) is 4.64. The van der Waals surface area contributed by atoms with Crippen LogP contribution in [0.15, 0.2) is 46.9 Å². The van der Waals surface area contributed by atoms with Crippen LogP contribution in [0.3, 0.4) is 0 Å². The number of carbonyl (C=O) groups excluding carboxylic acids is 2. The molecule has 0 unspecified atom stereocenters. The molecule has 0 aliphatic heterocycles. The summed E-state index contributed by atoms with van der Waals surface area (Å²) < 4.78 is 15.9. The Hall–Kier alpha value is -2.80. The van der Waals surface area contributed by atoms with Crippen molar-refractivity contribution in [2.45, 2.75) is 0 Å². The van der Waals surface area contributed by atoms with Crippen molar-refractivity contribution in [3.8, 4) is 11.5 Å². The molecule has 0 radical (unpaired) electrons. The summed E-state index contributed by atoms with van der Waals surface area (Å²) in [5.41, 5.74) is 1.40. The van der Waals surface area contributed by atoms with Gasteiger partial charge in [0.25, 0.3) is 0 Å². The fourth-order valence-corrected chi connectivity index (χ4v) is 2.88. The van der Waals surface area contributed by atoms with Gasteiger partial charge in [-0.05, 0) is 51.8 Å². The molecule has 2 aromatic carbocycles. The Morgan fingerprint density at radius 1 is 1.08 bits per heavy atom. The molecule has 7 heteroatoms. The van der Waals surface area contributed by atoms with Crippen LogP contribution in [0.25, 0.3) is 6.08 Å². The Labute approximate surface area is 159 Å². The van der Waals surface area contributed by atoms with Gasteiger partial charge < -0.3 is 19.5 Å². The number of amides is 1. The zero-order valence-corrected chi connectivity index (χ0v) is 16.1. The number of carbonyl (C=O) groups is 2. The maximum Gasteiger partial charge on any atom is 0.339 e. The Morgan fingerprint density at radius 2 is 1.81 bits per heavy atom. The molecule has 0 aliphatic rings. The average Bonchev–Trinajstić information content (AvgIpc) is 2.65. The third-order valence-corrected chi connectivity index (χ3v) is 4.06. The second kappa shape index (κ2) is 9.05. The van der Waals surface area contributed by atoms with Crippen LogP contribution < -0.4 is 14.8 Å². The number of methoxy groups -OCH3 is 3. The molecule has 6 nitrogen and oxygen atoms in total. The SMILES string of the molecule is COC(=O)c1ccccc1NC(=O)/C=C/c1cc(Br)c(OC)c(OC)c1. The first kappa shape index (κ1) is 19.5. The number of rotatable bonds is 6. The van der Waals surface area contributed by atoms with Crippen molar-refractivity contribution in [3.63, 3.8) is 0 Å². The van der Waals surface area contributed by atoms with Gasteiger partial charge in [0.15, 0.2) is 11.5 Å². The molecule has 136 valence electrons. The Bertz CT molecular complexity index is 848. The van der Waals surface area contributed by atoms with Gasteiger partial charge in [-0.3, -0.25) is 4.79 Å². The highest BCUT2D eigenvalue weighted by Crippen LogP contribution is 2.36. The monoisotopic (exact) mass is 419 g/mol. The summed E-state index contributed by atoms with van der Waals surface area (Å²) in [6, 6.07) is 10.2. The second-order valence-corrected chi connectivity index (χ2v) is 5.95. The van der Waals surface area contributed by atoms with Gasteiger partial charge in [0, 0.05) is 6.08 Å². The number of hydrogen-bond acceptors (Lipinski definition) is 5. The predicted octanol–water partition coefficient (Wildman–Crippen LogP) is 3.90. The van der Waals surface area contributed by atoms with Gasteiger partial charge in [-0.1, -0.05) is 12.1 Å². The highest BCUT2D eigenvalue weighted by Gasteiger charge is 2.12. The van der Waals surface area contributed by atoms with Crippen LogP contribution in [0.5, 0.6) is 11.5 Å². The molecule has 0 aliphatic carbocycles. The van der Waals surface area contributed by atoms with Gasteiger partial charge in [0.1, 0.15) is 0 Å². The van der Waals surface area contributed by atoms with E-state index in [0.29, 0.717) is 21.7 Å². The molecule has 0 aromatic heterocycles. The summed E-state index contributed by atoms with van der Waals surface area (Å²) in [5.74, 6) is 0.208. The van der Waals surface area contributed by atoms with E-state index in [9.17, 15) is 9.59 Å². The summed E-state index contributed by atoms with van der Waals surface area (Å²) in [6.07, 6.45) is 2.99. The van der Waals surface area contributed by atoms with Gasteiger partial charge in [0.2, 0.25) is 5.91 Å². The number of nitrogens with one attached hydrogen (secondary N) is 1. The normalized spacial score (nSPS) is 10.5. The molecule has 0 atom stereocenters. The lowest BCUT2D eigenvalue weighted by atomic mass is 10.1. The molecule has 0 saturated carbocycles. The van der Waals surface area contributed by atoms with Crippen LogP contribution in [0, 0.1) is 0 Å². The Kier molecular flexibility index (Phi) is 6.80. The lowest BCUT2D eigenvalue weighted by Crippen LogP contribution is -2.12. The Balaban J connectivity index is 2.19. The molecule has 1 amide bonds. The van der Waals surface area contributed by atoms with Crippen LogP contribution in [0.1, 0.15) is 15.9 Å². The number of benzene rings is 2. The first-order chi connectivity index (χ1) is 12.5. The average molecular weight is 420 g/mol. The van der Waals surface area contributed by atoms with E-state index in [4.69, 9.17) is 14.2 Å². The van der Waals surface area contributed by atoms with E-state index in [1.807, 2.05) is 0 Å². The maximum atomic E-state index is 12.2. The summed E-state index contributed by atoms with van der Waals surface area (Å²) >= 11 is 3.40. The topological polar surface area (TPSA) is 73.9 Å². The zero-order valence-electron chi connectivity index (χ0n) is 14.5. The number of anilines is 1. The molecule has 0 heterocycles. The van der Waals surface area contributed by atoms with Gasteiger partial charge in [0.05, 0.1) is 37.1 Å². The minimum Gasteiger partial charge on any atom is -0.493 e. The van der Waals surface area contributed by atoms with E-state index in [1.165, 1.54) is 20.3 Å². The summed E-state index contributed by atoms with van der Waals surface area (Å²) in [6.45, 7) is 0. The molecule has 0 spiro atoms. The standard InChI is InChI=1S/C19H18BrNO5/c1-24-16-11-12(10-14(20)18(16)25-2)8-9-17(22)21-15-7-5-4-6-13(15)19(23)26-3/h4-11H,1-3H3,(H,21,22)/b9-8+. The van der Waals surface area contributed by atoms with Gasteiger partial charge >= 0.3 is 5.97 Å². The molecule has 0 fully saturated rings. The third-order valence-electron chi connectivity index (χ3n) is 3.47. The van der Waals surface area contributed by atoms with Crippen molar-refractivity contribution >= 4 is 39.6 Å². The van der Waals surface area contributed by atoms with E-state index in [1.54, 1.807) is 49.6 Å². The molecule has 26 heavy (non-hydrogen) atoms. The number of esters is 1. The van der Waals surface area contributed by atoms with E-state index in [-0.39, 0.29) is 11.5 Å². The van der Waals surface area contributed by atoms with Crippen molar-refractivity contribution in [2.24, 2.45) is 0 Å². The van der Waals surface area contributed by atoms with Crippen LogP contribution in [0.2, 0.25) is 0 Å². The molecular weight excluding hydrogens is 402 g/mol. The minimum atomic E-state index is -0.520. The summed E-state index contributed by atoms with van der Waals surface area (Å²) in [7, 11) is 4.37. The predicted molar refractivity (Wildman–Crippen MR) is 103 cm³/mol. The first-order valence-corrected chi connectivity index (χ1v) is 8.37. The second-order valence-electron chi connectivity index (χ2n) is 5.10. The fourth-order valence-electron chi connectivity index (χ4n) is 2.26. The minimum absolute atomic E-state index is 0.283. The molecule has 1 N–H and O–H groups in total. The number of halogens is 1.